The van der Waals surface area contributed by atoms with E-state index >= 15 is 0 Å². The summed E-state index contributed by atoms with van der Waals surface area (Å²) in [5.41, 5.74) is 1.96. The topological polar surface area (TPSA) is 37.4 Å². The SMILES string of the molecule is C=Cc1ccc2c(c1)C(=O)N(C1CCCCC1)C2=O. The van der Waals surface area contributed by atoms with Crippen LogP contribution in [0.25, 0.3) is 6.08 Å². The van der Waals surface area contributed by atoms with Gasteiger partial charge in [-0.2, -0.15) is 0 Å². The molecule has 1 aromatic carbocycles. The fraction of sp³-hybridized carbons (Fsp3) is 0.375. The zero-order chi connectivity index (χ0) is 13.4. The smallest absolute Gasteiger partial charge is 0.261 e. The van der Waals surface area contributed by atoms with Crippen molar-refractivity contribution in [2.75, 3.05) is 0 Å². The largest absolute Gasteiger partial charge is 0.271 e. The minimum atomic E-state index is -0.129. The molecule has 0 bridgehead atoms. The van der Waals surface area contributed by atoms with Crippen molar-refractivity contribution in [3.8, 4) is 0 Å². The summed E-state index contributed by atoms with van der Waals surface area (Å²) in [6, 6.07) is 5.44. The predicted molar refractivity (Wildman–Crippen MR) is 73.9 cm³/mol. The van der Waals surface area contributed by atoms with E-state index in [0.717, 1.165) is 31.2 Å². The van der Waals surface area contributed by atoms with Gasteiger partial charge in [0.2, 0.25) is 0 Å². The maximum absolute atomic E-state index is 12.4. The van der Waals surface area contributed by atoms with Crippen LogP contribution in [0.3, 0.4) is 0 Å². The Morgan fingerprint density at radius 3 is 2.42 bits per heavy atom. The summed E-state index contributed by atoms with van der Waals surface area (Å²) in [6.45, 7) is 3.70. The van der Waals surface area contributed by atoms with E-state index in [2.05, 4.69) is 6.58 Å². The fourth-order valence-electron chi connectivity index (χ4n) is 3.07. The molecule has 3 heteroatoms. The van der Waals surface area contributed by atoms with E-state index in [1.165, 1.54) is 11.3 Å². The van der Waals surface area contributed by atoms with Crippen molar-refractivity contribution in [2.24, 2.45) is 0 Å². The Labute approximate surface area is 112 Å². The summed E-state index contributed by atoms with van der Waals surface area (Å²) in [5.74, 6) is -0.252. The molecule has 1 aliphatic carbocycles. The average molecular weight is 255 g/mol. The number of hydrogen-bond donors (Lipinski definition) is 0. The van der Waals surface area contributed by atoms with E-state index in [1.807, 2.05) is 6.07 Å². The van der Waals surface area contributed by atoms with Gasteiger partial charge in [0.25, 0.3) is 11.8 Å². The van der Waals surface area contributed by atoms with E-state index in [1.54, 1.807) is 18.2 Å². The number of hydrogen-bond acceptors (Lipinski definition) is 2. The molecule has 0 saturated heterocycles. The first-order valence-electron chi connectivity index (χ1n) is 6.87. The first-order chi connectivity index (χ1) is 9.22. The molecule has 0 spiro atoms. The van der Waals surface area contributed by atoms with Crippen LogP contribution < -0.4 is 0 Å². The van der Waals surface area contributed by atoms with Crippen molar-refractivity contribution in [1.82, 2.24) is 4.90 Å². The molecule has 1 fully saturated rings. The van der Waals surface area contributed by atoms with Crippen molar-refractivity contribution in [1.29, 1.82) is 0 Å². The van der Waals surface area contributed by atoms with E-state index in [0.29, 0.717) is 11.1 Å². The molecular weight excluding hydrogens is 238 g/mol. The van der Waals surface area contributed by atoms with Gasteiger partial charge in [-0.3, -0.25) is 14.5 Å². The van der Waals surface area contributed by atoms with Gasteiger partial charge in [0.1, 0.15) is 0 Å². The van der Waals surface area contributed by atoms with Crippen LogP contribution in [-0.4, -0.2) is 22.8 Å². The summed E-state index contributed by atoms with van der Waals surface area (Å²) in [6.07, 6.45) is 7.01. The second kappa shape index (κ2) is 4.65. The van der Waals surface area contributed by atoms with Crippen LogP contribution in [0.1, 0.15) is 58.4 Å². The molecule has 1 heterocycles. The van der Waals surface area contributed by atoms with Gasteiger partial charge in [-0.1, -0.05) is 38.0 Å². The molecule has 1 aromatic rings. The van der Waals surface area contributed by atoms with Gasteiger partial charge < -0.3 is 0 Å². The van der Waals surface area contributed by atoms with Gasteiger partial charge in [-0.15, -0.1) is 0 Å². The van der Waals surface area contributed by atoms with Gasteiger partial charge in [-0.05, 0) is 30.5 Å². The zero-order valence-electron chi connectivity index (χ0n) is 10.9. The molecule has 2 amide bonds. The van der Waals surface area contributed by atoms with Gasteiger partial charge in [0.15, 0.2) is 0 Å². The quantitative estimate of drug-likeness (QED) is 0.761. The number of benzene rings is 1. The second-order valence-electron chi connectivity index (χ2n) is 5.28. The Kier molecular flexibility index (Phi) is 2.97. The van der Waals surface area contributed by atoms with E-state index < -0.39 is 0 Å². The van der Waals surface area contributed by atoms with Crippen molar-refractivity contribution in [2.45, 2.75) is 38.1 Å². The number of amides is 2. The van der Waals surface area contributed by atoms with E-state index in [4.69, 9.17) is 0 Å². The number of carbonyl (C=O) groups is 2. The number of nitrogens with zero attached hydrogens (tertiary/aromatic N) is 1. The monoisotopic (exact) mass is 255 g/mol. The molecule has 1 saturated carbocycles. The lowest BCUT2D eigenvalue weighted by molar-refractivity contribution is 0.0549. The molecule has 0 unspecified atom stereocenters. The Bertz CT molecular complexity index is 556. The summed E-state index contributed by atoms with van der Waals surface area (Å²) < 4.78 is 0. The molecule has 0 aromatic heterocycles. The number of imide groups is 1. The highest BCUT2D eigenvalue weighted by molar-refractivity contribution is 6.21. The number of carbonyl (C=O) groups excluding carboxylic acids is 2. The Morgan fingerprint density at radius 1 is 1.05 bits per heavy atom. The molecule has 3 nitrogen and oxygen atoms in total. The first-order valence-corrected chi connectivity index (χ1v) is 6.87. The first kappa shape index (κ1) is 12.2. The lowest BCUT2D eigenvalue weighted by Crippen LogP contribution is -2.40. The average Bonchev–Trinajstić information content (AvgIpc) is 2.71. The molecule has 1 aliphatic heterocycles. The summed E-state index contributed by atoms with van der Waals surface area (Å²) in [5, 5.41) is 0. The molecule has 2 aliphatic rings. The van der Waals surface area contributed by atoms with Gasteiger partial charge >= 0.3 is 0 Å². The highest BCUT2D eigenvalue weighted by atomic mass is 16.2. The minimum Gasteiger partial charge on any atom is -0.271 e. The van der Waals surface area contributed by atoms with Crippen LogP contribution in [0.5, 0.6) is 0 Å². The lowest BCUT2D eigenvalue weighted by atomic mass is 9.94. The maximum Gasteiger partial charge on any atom is 0.261 e. The molecule has 3 rings (SSSR count). The standard InChI is InChI=1S/C16H17NO2/c1-2-11-8-9-13-14(10-11)16(19)17(15(13)18)12-6-4-3-5-7-12/h2,8-10,12H,1,3-7H2. The third-order valence-electron chi connectivity index (χ3n) is 4.12. The normalized spacial score (nSPS) is 19.7. The van der Waals surface area contributed by atoms with Crippen LogP contribution in [0, 0.1) is 0 Å². The van der Waals surface area contributed by atoms with Crippen molar-refractivity contribution in [3.05, 3.63) is 41.5 Å². The molecule has 0 N–H and O–H groups in total. The zero-order valence-corrected chi connectivity index (χ0v) is 10.9. The molecule has 19 heavy (non-hydrogen) atoms. The summed E-state index contributed by atoms with van der Waals surface area (Å²) >= 11 is 0. The molecule has 98 valence electrons. The van der Waals surface area contributed by atoms with E-state index in [-0.39, 0.29) is 17.9 Å². The fourth-order valence-corrected chi connectivity index (χ4v) is 3.07. The predicted octanol–water partition coefficient (Wildman–Crippen LogP) is 3.26. The van der Waals surface area contributed by atoms with Crippen LogP contribution in [0.2, 0.25) is 0 Å². The third-order valence-corrected chi connectivity index (χ3v) is 4.12. The highest BCUT2D eigenvalue weighted by Crippen LogP contribution is 2.31. The third kappa shape index (κ3) is 1.89. The summed E-state index contributed by atoms with van der Waals surface area (Å²) in [4.78, 5) is 26.3. The van der Waals surface area contributed by atoms with Crippen LogP contribution >= 0.6 is 0 Å². The van der Waals surface area contributed by atoms with Crippen LogP contribution in [0.15, 0.2) is 24.8 Å². The van der Waals surface area contributed by atoms with Gasteiger partial charge in [-0.25, -0.2) is 0 Å². The summed E-state index contributed by atoms with van der Waals surface area (Å²) in [7, 11) is 0. The van der Waals surface area contributed by atoms with E-state index in [9.17, 15) is 9.59 Å². The van der Waals surface area contributed by atoms with Crippen LogP contribution in [-0.2, 0) is 0 Å². The molecular formula is C16H17NO2. The van der Waals surface area contributed by atoms with Crippen molar-refractivity contribution < 1.29 is 9.59 Å². The maximum atomic E-state index is 12.4. The minimum absolute atomic E-state index is 0.0910. The highest BCUT2D eigenvalue weighted by Gasteiger charge is 2.40. The Morgan fingerprint density at radius 2 is 1.74 bits per heavy atom. The number of fused-ring (bicyclic) bond motifs is 1. The van der Waals surface area contributed by atoms with Crippen molar-refractivity contribution in [3.63, 3.8) is 0 Å². The van der Waals surface area contributed by atoms with Gasteiger partial charge in [0, 0.05) is 6.04 Å². The molecule has 0 radical (unpaired) electrons. The van der Waals surface area contributed by atoms with Gasteiger partial charge in [0.05, 0.1) is 11.1 Å². The number of rotatable bonds is 2. The lowest BCUT2D eigenvalue weighted by Gasteiger charge is -2.29. The molecule has 0 atom stereocenters. The van der Waals surface area contributed by atoms with Crippen molar-refractivity contribution >= 4 is 17.9 Å². The Hall–Kier alpha value is -1.90. The van der Waals surface area contributed by atoms with Crippen LogP contribution in [0.4, 0.5) is 0 Å². The second-order valence-corrected chi connectivity index (χ2v) is 5.28. The Balaban J connectivity index is 1.96.